The van der Waals surface area contributed by atoms with Gasteiger partial charge in [-0.05, 0) is 31.2 Å². The average Bonchev–Trinajstić information content (AvgIpc) is 2.81. The summed E-state index contributed by atoms with van der Waals surface area (Å²) >= 11 is 0. The molecule has 1 fully saturated rings. The lowest BCUT2D eigenvalue weighted by atomic mass is 9.87. The van der Waals surface area contributed by atoms with E-state index in [4.69, 9.17) is 9.62 Å². The van der Waals surface area contributed by atoms with Crippen LogP contribution in [0, 0.1) is 0 Å². The minimum Gasteiger partial charge on any atom is -0.457 e. The van der Waals surface area contributed by atoms with Crippen LogP contribution < -0.4 is 0 Å². The molecule has 0 atom stereocenters. The van der Waals surface area contributed by atoms with Crippen LogP contribution in [0.2, 0.25) is 0 Å². The van der Waals surface area contributed by atoms with Crippen molar-refractivity contribution in [3.63, 3.8) is 0 Å². The maximum absolute atomic E-state index is 11.6. The molecule has 1 aliphatic carbocycles. The highest BCUT2D eigenvalue weighted by atomic mass is 17.5. The minimum absolute atomic E-state index is 0.227. The van der Waals surface area contributed by atoms with Crippen molar-refractivity contribution in [2.24, 2.45) is 0 Å². The van der Waals surface area contributed by atoms with Crippen molar-refractivity contribution < 1.29 is 29.1 Å². The van der Waals surface area contributed by atoms with Gasteiger partial charge in [0.2, 0.25) is 0 Å². The molecule has 1 aliphatic rings. The Balaban J connectivity index is 1.81. The fourth-order valence-electron chi connectivity index (χ4n) is 4.42. The normalized spacial score (nSPS) is 15.3. The van der Waals surface area contributed by atoms with E-state index in [0.717, 1.165) is 44.9 Å². The SMILES string of the molecule is CCCCCCCCCCCCCCCCCCOC(=O)C(=O)OOOC1(C)CCCCC1. The third-order valence-electron chi connectivity index (χ3n) is 6.65. The molecular weight excluding hydrogens is 420 g/mol. The van der Waals surface area contributed by atoms with E-state index in [1.165, 1.54) is 89.9 Å². The van der Waals surface area contributed by atoms with Gasteiger partial charge in [-0.25, -0.2) is 9.59 Å². The molecule has 33 heavy (non-hydrogen) atoms. The molecule has 1 saturated carbocycles. The van der Waals surface area contributed by atoms with Gasteiger partial charge >= 0.3 is 11.9 Å². The van der Waals surface area contributed by atoms with E-state index in [1.54, 1.807) is 0 Å². The van der Waals surface area contributed by atoms with Gasteiger partial charge in [0.1, 0.15) is 5.60 Å². The number of hydrogen-bond acceptors (Lipinski definition) is 6. The van der Waals surface area contributed by atoms with Crippen LogP contribution in [0.25, 0.3) is 0 Å². The number of ether oxygens (including phenoxy) is 1. The molecule has 6 nitrogen and oxygen atoms in total. The van der Waals surface area contributed by atoms with E-state index >= 15 is 0 Å². The van der Waals surface area contributed by atoms with Crippen molar-refractivity contribution in [1.82, 2.24) is 0 Å². The molecule has 0 aromatic carbocycles. The summed E-state index contributed by atoms with van der Waals surface area (Å²) in [5.74, 6) is -2.21. The maximum Gasteiger partial charge on any atom is 0.453 e. The quantitative estimate of drug-likeness (QED) is 0.0591. The highest BCUT2D eigenvalue weighted by Gasteiger charge is 2.30. The molecule has 0 heterocycles. The van der Waals surface area contributed by atoms with Crippen LogP contribution >= 0.6 is 0 Å². The Labute approximate surface area is 202 Å². The van der Waals surface area contributed by atoms with E-state index in [9.17, 15) is 9.59 Å². The lowest BCUT2D eigenvalue weighted by Gasteiger charge is -2.30. The molecule has 0 unspecified atom stereocenters. The van der Waals surface area contributed by atoms with E-state index in [2.05, 4.69) is 16.8 Å². The van der Waals surface area contributed by atoms with Crippen molar-refractivity contribution in [3.8, 4) is 0 Å². The van der Waals surface area contributed by atoms with Crippen molar-refractivity contribution in [2.75, 3.05) is 6.61 Å². The first kappa shape index (κ1) is 29.9. The number of unbranched alkanes of at least 4 members (excludes halogenated alkanes) is 15. The van der Waals surface area contributed by atoms with Crippen LogP contribution in [0.4, 0.5) is 0 Å². The van der Waals surface area contributed by atoms with Crippen LogP contribution in [-0.2, 0) is 29.1 Å². The smallest absolute Gasteiger partial charge is 0.453 e. The Morgan fingerprint density at radius 2 is 1.09 bits per heavy atom. The third kappa shape index (κ3) is 17.0. The Bertz CT molecular complexity index is 487. The summed E-state index contributed by atoms with van der Waals surface area (Å²) in [4.78, 5) is 32.8. The highest BCUT2D eigenvalue weighted by molar-refractivity contribution is 6.29. The van der Waals surface area contributed by atoms with Gasteiger partial charge in [0.25, 0.3) is 0 Å². The van der Waals surface area contributed by atoms with Crippen LogP contribution in [0.15, 0.2) is 0 Å². The summed E-state index contributed by atoms with van der Waals surface area (Å²) < 4.78 is 4.94. The molecule has 0 saturated heterocycles. The molecule has 0 radical (unpaired) electrons. The molecule has 0 aliphatic heterocycles. The van der Waals surface area contributed by atoms with E-state index < -0.39 is 17.5 Å². The molecule has 0 amide bonds. The third-order valence-corrected chi connectivity index (χ3v) is 6.65. The van der Waals surface area contributed by atoms with E-state index in [0.29, 0.717) is 0 Å². The van der Waals surface area contributed by atoms with Gasteiger partial charge < -0.3 is 4.74 Å². The zero-order valence-electron chi connectivity index (χ0n) is 21.5. The van der Waals surface area contributed by atoms with Gasteiger partial charge in [-0.15, -0.1) is 0 Å². The summed E-state index contributed by atoms with van der Waals surface area (Å²) in [5, 5.41) is 4.55. The van der Waals surface area contributed by atoms with E-state index in [1.807, 2.05) is 6.92 Å². The molecule has 6 heteroatoms. The Kier molecular flexibility index (Phi) is 18.3. The zero-order valence-corrected chi connectivity index (χ0v) is 21.5. The molecular formula is C27H50O6. The highest BCUT2D eigenvalue weighted by Crippen LogP contribution is 2.31. The van der Waals surface area contributed by atoms with Crippen molar-refractivity contribution >= 4 is 11.9 Å². The Morgan fingerprint density at radius 1 is 0.636 bits per heavy atom. The molecule has 0 N–H and O–H groups in total. The monoisotopic (exact) mass is 470 g/mol. The summed E-state index contributed by atoms with van der Waals surface area (Å²) in [7, 11) is 0. The van der Waals surface area contributed by atoms with Gasteiger partial charge in [0, 0.05) is 0 Å². The molecule has 0 aromatic rings. The predicted molar refractivity (Wildman–Crippen MR) is 130 cm³/mol. The topological polar surface area (TPSA) is 71.1 Å². The Morgan fingerprint density at radius 3 is 1.58 bits per heavy atom. The van der Waals surface area contributed by atoms with Crippen molar-refractivity contribution in [3.05, 3.63) is 0 Å². The van der Waals surface area contributed by atoms with Crippen LogP contribution in [0.5, 0.6) is 0 Å². The second-order valence-corrected chi connectivity index (χ2v) is 9.97. The van der Waals surface area contributed by atoms with Crippen molar-refractivity contribution in [2.45, 2.75) is 154 Å². The van der Waals surface area contributed by atoms with Gasteiger partial charge in [-0.3, -0.25) is 4.89 Å². The fraction of sp³-hybridized carbons (Fsp3) is 0.926. The Hall–Kier alpha value is -1.14. The standard InChI is InChI=1S/C27H50O6/c1-3-4-5-6-7-8-9-10-11-12-13-14-15-16-17-21-24-30-25(28)26(29)31-33-32-27(2)22-19-18-20-23-27/h3-24H2,1-2H3. The molecule has 1 rings (SSSR count). The van der Waals surface area contributed by atoms with E-state index in [-0.39, 0.29) is 6.61 Å². The number of carbonyl (C=O) groups excluding carboxylic acids is 2. The maximum atomic E-state index is 11.6. The molecule has 0 aromatic heterocycles. The number of carbonyl (C=O) groups is 2. The first-order valence-corrected chi connectivity index (χ1v) is 13.8. The largest absolute Gasteiger partial charge is 0.457 e. The van der Waals surface area contributed by atoms with Crippen LogP contribution in [0.1, 0.15) is 149 Å². The second kappa shape index (κ2) is 20.3. The van der Waals surface area contributed by atoms with Crippen molar-refractivity contribution in [1.29, 1.82) is 0 Å². The van der Waals surface area contributed by atoms with Gasteiger partial charge in [0.05, 0.1) is 6.61 Å². The summed E-state index contributed by atoms with van der Waals surface area (Å²) in [5.41, 5.74) is -0.462. The summed E-state index contributed by atoms with van der Waals surface area (Å²) in [6.45, 7) is 4.41. The fourth-order valence-corrected chi connectivity index (χ4v) is 4.42. The number of rotatable bonds is 20. The lowest BCUT2D eigenvalue weighted by Crippen LogP contribution is -2.32. The van der Waals surface area contributed by atoms with Gasteiger partial charge in [-0.2, -0.15) is 4.89 Å². The first-order chi connectivity index (χ1) is 16.1. The number of esters is 1. The summed E-state index contributed by atoms with van der Waals surface area (Å²) in [6, 6.07) is 0. The molecule has 0 bridgehead atoms. The molecule has 0 spiro atoms. The summed E-state index contributed by atoms with van der Waals surface area (Å²) in [6.07, 6.45) is 25.5. The minimum atomic E-state index is -1.18. The second-order valence-electron chi connectivity index (χ2n) is 9.97. The van der Waals surface area contributed by atoms with Gasteiger partial charge in [0.15, 0.2) is 0 Å². The van der Waals surface area contributed by atoms with Crippen LogP contribution in [-0.4, -0.2) is 24.1 Å². The number of hydrogen-bond donors (Lipinski definition) is 0. The van der Waals surface area contributed by atoms with Gasteiger partial charge in [-0.1, -0.05) is 122 Å². The predicted octanol–water partition coefficient (Wildman–Crippen LogP) is 7.92. The lowest BCUT2D eigenvalue weighted by molar-refractivity contribution is -0.519. The van der Waals surface area contributed by atoms with Crippen LogP contribution in [0.3, 0.4) is 0 Å². The average molecular weight is 471 g/mol. The zero-order chi connectivity index (χ0) is 24.0. The first-order valence-electron chi connectivity index (χ1n) is 13.8. The molecule has 194 valence electrons.